The van der Waals surface area contributed by atoms with Crippen LogP contribution in [-0.4, -0.2) is 24.5 Å². The van der Waals surface area contributed by atoms with Gasteiger partial charge in [0.1, 0.15) is 17.2 Å². The SMILES string of the molecule is CCOc1ccccc1NC1=C(c2ccc(OC(C)C)cc2)C(=O)N(c2ccccc2)C1=O. The van der Waals surface area contributed by atoms with Gasteiger partial charge in [-0.1, -0.05) is 42.5 Å². The van der Waals surface area contributed by atoms with Gasteiger partial charge in [0.15, 0.2) is 0 Å². The van der Waals surface area contributed by atoms with E-state index >= 15 is 0 Å². The van der Waals surface area contributed by atoms with Crippen LogP contribution in [0, 0.1) is 0 Å². The number of para-hydroxylation sites is 3. The lowest BCUT2D eigenvalue weighted by Crippen LogP contribution is -2.32. The lowest BCUT2D eigenvalue weighted by atomic mass is 10.0. The zero-order valence-electron chi connectivity index (χ0n) is 18.9. The predicted octanol–water partition coefficient (Wildman–Crippen LogP) is 5.27. The van der Waals surface area contributed by atoms with Crippen molar-refractivity contribution in [3.8, 4) is 11.5 Å². The third kappa shape index (κ3) is 4.60. The van der Waals surface area contributed by atoms with Crippen LogP contribution in [0.3, 0.4) is 0 Å². The first-order chi connectivity index (χ1) is 16.0. The Hall–Kier alpha value is -4.06. The molecule has 0 fully saturated rings. The number of rotatable bonds is 8. The number of imide groups is 1. The Balaban J connectivity index is 1.79. The number of amides is 2. The first-order valence-corrected chi connectivity index (χ1v) is 10.9. The van der Waals surface area contributed by atoms with Gasteiger partial charge in [-0.2, -0.15) is 0 Å². The van der Waals surface area contributed by atoms with Gasteiger partial charge < -0.3 is 14.8 Å². The van der Waals surface area contributed by atoms with Gasteiger partial charge in [0, 0.05) is 0 Å². The van der Waals surface area contributed by atoms with Crippen LogP contribution in [0.15, 0.2) is 84.6 Å². The minimum absolute atomic E-state index is 0.0330. The molecular formula is C27H26N2O4. The summed E-state index contributed by atoms with van der Waals surface area (Å²) >= 11 is 0. The number of anilines is 2. The van der Waals surface area contributed by atoms with Gasteiger partial charge in [-0.25, -0.2) is 4.90 Å². The van der Waals surface area contributed by atoms with Crippen LogP contribution in [0.4, 0.5) is 11.4 Å². The van der Waals surface area contributed by atoms with Crippen LogP contribution >= 0.6 is 0 Å². The van der Waals surface area contributed by atoms with E-state index in [1.807, 2.05) is 51.1 Å². The molecular weight excluding hydrogens is 416 g/mol. The molecule has 0 bridgehead atoms. The molecule has 1 aliphatic rings. The molecule has 168 valence electrons. The fourth-order valence-electron chi connectivity index (χ4n) is 3.68. The summed E-state index contributed by atoms with van der Waals surface area (Å²) in [6, 6.07) is 23.4. The molecule has 0 unspecified atom stereocenters. The Morgan fingerprint density at radius 2 is 1.52 bits per heavy atom. The summed E-state index contributed by atoms with van der Waals surface area (Å²) in [7, 11) is 0. The smallest absolute Gasteiger partial charge is 0.282 e. The van der Waals surface area contributed by atoms with Crippen molar-refractivity contribution in [3.63, 3.8) is 0 Å². The molecule has 3 aromatic carbocycles. The maximum Gasteiger partial charge on any atom is 0.282 e. The van der Waals surface area contributed by atoms with Crippen molar-refractivity contribution in [2.75, 3.05) is 16.8 Å². The van der Waals surface area contributed by atoms with Gasteiger partial charge in [0.25, 0.3) is 11.8 Å². The van der Waals surface area contributed by atoms with Crippen molar-refractivity contribution in [1.82, 2.24) is 0 Å². The zero-order chi connectivity index (χ0) is 23.4. The number of ether oxygens (including phenoxy) is 2. The molecule has 3 aromatic rings. The summed E-state index contributed by atoms with van der Waals surface area (Å²) in [5.41, 5.74) is 2.25. The molecule has 0 aromatic heterocycles. The maximum absolute atomic E-state index is 13.5. The summed E-state index contributed by atoms with van der Waals surface area (Å²) in [4.78, 5) is 28.2. The highest BCUT2D eigenvalue weighted by atomic mass is 16.5. The Kier molecular flexibility index (Phi) is 6.45. The molecule has 1 heterocycles. The van der Waals surface area contributed by atoms with E-state index in [2.05, 4.69) is 5.32 Å². The summed E-state index contributed by atoms with van der Waals surface area (Å²) < 4.78 is 11.4. The van der Waals surface area contributed by atoms with E-state index in [-0.39, 0.29) is 17.7 Å². The molecule has 33 heavy (non-hydrogen) atoms. The van der Waals surface area contributed by atoms with E-state index in [1.54, 1.807) is 48.5 Å². The molecule has 6 nitrogen and oxygen atoms in total. The van der Waals surface area contributed by atoms with Gasteiger partial charge in [0.2, 0.25) is 0 Å². The molecule has 4 rings (SSSR count). The zero-order valence-corrected chi connectivity index (χ0v) is 18.9. The third-order valence-corrected chi connectivity index (χ3v) is 5.06. The summed E-state index contributed by atoms with van der Waals surface area (Å²) in [5, 5.41) is 3.18. The van der Waals surface area contributed by atoms with Crippen molar-refractivity contribution in [2.45, 2.75) is 26.9 Å². The monoisotopic (exact) mass is 442 g/mol. The fraction of sp³-hybridized carbons (Fsp3) is 0.185. The minimum Gasteiger partial charge on any atom is -0.492 e. The van der Waals surface area contributed by atoms with E-state index < -0.39 is 5.91 Å². The van der Waals surface area contributed by atoms with Crippen LogP contribution < -0.4 is 19.7 Å². The Labute approximate surface area is 193 Å². The maximum atomic E-state index is 13.5. The van der Waals surface area contributed by atoms with Gasteiger partial charge >= 0.3 is 0 Å². The van der Waals surface area contributed by atoms with Crippen molar-refractivity contribution in [1.29, 1.82) is 0 Å². The fourth-order valence-corrected chi connectivity index (χ4v) is 3.68. The molecule has 1 aliphatic heterocycles. The first-order valence-electron chi connectivity index (χ1n) is 10.9. The second-order valence-electron chi connectivity index (χ2n) is 7.78. The van der Waals surface area contributed by atoms with E-state index in [1.165, 1.54) is 4.90 Å². The first kappa shape index (κ1) is 22.1. The van der Waals surface area contributed by atoms with Crippen LogP contribution in [0.1, 0.15) is 26.3 Å². The lowest BCUT2D eigenvalue weighted by Gasteiger charge is -2.16. The average Bonchev–Trinajstić information content (AvgIpc) is 3.05. The molecule has 0 atom stereocenters. The average molecular weight is 443 g/mol. The second-order valence-corrected chi connectivity index (χ2v) is 7.78. The lowest BCUT2D eigenvalue weighted by molar-refractivity contribution is -0.120. The van der Waals surface area contributed by atoms with Crippen LogP contribution in [0.25, 0.3) is 5.57 Å². The summed E-state index contributed by atoms with van der Waals surface area (Å²) in [5.74, 6) is 0.489. The Morgan fingerprint density at radius 1 is 0.848 bits per heavy atom. The van der Waals surface area contributed by atoms with E-state index in [0.717, 1.165) is 0 Å². The molecule has 0 saturated carbocycles. The minimum atomic E-state index is -0.421. The number of hydrogen-bond acceptors (Lipinski definition) is 5. The predicted molar refractivity (Wildman–Crippen MR) is 129 cm³/mol. The normalized spacial score (nSPS) is 13.6. The molecule has 0 radical (unpaired) electrons. The Bertz CT molecular complexity index is 1180. The molecule has 0 saturated heterocycles. The molecule has 0 spiro atoms. The highest BCUT2D eigenvalue weighted by Crippen LogP contribution is 2.36. The molecule has 6 heteroatoms. The van der Waals surface area contributed by atoms with Gasteiger partial charge in [-0.15, -0.1) is 0 Å². The number of nitrogens with zero attached hydrogens (tertiary/aromatic N) is 1. The number of carbonyl (C=O) groups excluding carboxylic acids is 2. The van der Waals surface area contributed by atoms with Gasteiger partial charge in [-0.3, -0.25) is 9.59 Å². The Morgan fingerprint density at radius 3 is 2.18 bits per heavy atom. The van der Waals surface area contributed by atoms with Gasteiger partial charge in [-0.05, 0) is 62.7 Å². The van der Waals surface area contributed by atoms with Crippen molar-refractivity contribution in [2.24, 2.45) is 0 Å². The molecule has 1 N–H and O–H groups in total. The van der Waals surface area contributed by atoms with E-state index in [9.17, 15) is 9.59 Å². The summed E-state index contributed by atoms with van der Waals surface area (Å²) in [6.07, 6.45) is 0.0330. The van der Waals surface area contributed by atoms with Crippen LogP contribution in [0.5, 0.6) is 11.5 Å². The number of benzene rings is 3. The quantitative estimate of drug-likeness (QED) is 0.482. The summed E-state index contributed by atoms with van der Waals surface area (Å²) in [6.45, 7) is 6.27. The number of carbonyl (C=O) groups is 2. The van der Waals surface area contributed by atoms with Gasteiger partial charge in [0.05, 0.1) is 29.7 Å². The van der Waals surface area contributed by atoms with Crippen LogP contribution in [0.2, 0.25) is 0 Å². The standard InChI is InChI=1S/C27H26N2O4/c1-4-32-23-13-9-8-12-22(23)28-25-24(19-14-16-21(17-15-19)33-18(2)3)26(30)29(27(25)31)20-10-6-5-7-11-20/h5-18,28H,4H2,1-3H3. The molecule has 0 aliphatic carbocycles. The van der Waals surface area contributed by atoms with Crippen molar-refractivity contribution in [3.05, 3.63) is 90.1 Å². The molecule has 2 amide bonds. The highest BCUT2D eigenvalue weighted by molar-refractivity contribution is 6.46. The highest BCUT2D eigenvalue weighted by Gasteiger charge is 2.40. The van der Waals surface area contributed by atoms with E-state index in [0.29, 0.717) is 40.6 Å². The second kappa shape index (κ2) is 9.61. The topological polar surface area (TPSA) is 67.9 Å². The van der Waals surface area contributed by atoms with Crippen molar-refractivity contribution < 1.29 is 19.1 Å². The largest absolute Gasteiger partial charge is 0.492 e. The number of hydrogen-bond donors (Lipinski definition) is 1. The van der Waals surface area contributed by atoms with Crippen LogP contribution in [-0.2, 0) is 9.59 Å². The van der Waals surface area contributed by atoms with E-state index in [4.69, 9.17) is 9.47 Å². The number of nitrogens with one attached hydrogen (secondary N) is 1. The third-order valence-electron chi connectivity index (χ3n) is 5.06. The van der Waals surface area contributed by atoms with Crippen molar-refractivity contribution >= 4 is 28.8 Å².